The molecule has 0 radical (unpaired) electrons. The van der Waals surface area contributed by atoms with E-state index in [1.54, 1.807) is 43.3 Å². The molecule has 1 N–H and O–H groups in total. The van der Waals surface area contributed by atoms with Crippen LogP contribution in [-0.2, 0) is 21.3 Å². The molecule has 0 aliphatic heterocycles. The largest absolute Gasteiger partial charge is 0.478 e. The van der Waals surface area contributed by atoms with Gasteiger partial charge in [0.15, 0.2) is 5.60 Å². The second-order valence-corrected chi connectivity index (χ2v) is 6.70. The van der Waals surface area contributed by atoms with Gasteiger partial charge in [0.2, 0.25) is 6.10 Å². The molecule has 31 heavy (non-hydrogen) atoms. The normalized spacial score (nSPS) is 14.5. The predicted octanol–water partition coefficient (Wildman–Crippen LogP) is 4.23. The van der Waals surface area contributed by atoms with E-state index in [-0.39, 0.29) is 11.6 Å². The summed E-state index contributed by atoms with van der Waals surface area (Å²) in [7, 11) is 1.26. The molecule has 162 valence electrons. The van der Waals surface area contributed by atoms with Gasteiger partial charge in [0.05, 0.1) is 5.56 Å². The van der Waals surface area contributed by atoms with Crippen LogP contribution in [0.4, 0.5) is 13.2 Å². The number of alkyl halides is 3. The van der Waals surface area contributed by atoms with E-state index >= 15 is 0 Å². The Bertz CT molecular complexity index is 1040. The first-order valence-electron chi connectivity index (χ1n) is 9.16. The topological polar surface area (TPSA) is 81.5 Å². The van der Waals surface area contributed by atoms with Gasteiger partial charge in [0, 0.05) is 19.0 Å². The lowest BCUT2D eigenvalue weighted by atomic mass is 9.80. The Labute approximate surface area is 176 Å². The van der Waals surface area contributed by atoms with Crippen LogP contribution in [0.5, 0.6) is 6.01 Å². The van der Waals surface area contributed by atoms with Crippen molar-refractivity contribution in [1.82, 2.24) is 9.97 Å². The molecule has 0 aliphatic carbocycles. The SMILES string of the molecule is COC(c1ccccc1)(c1ccc(C(F)(F)F)cc1)C(Oc1nccc(C)n1)C(=O)O. The van der Waals surface area contributed by atoms with Crippen LogP contribution in [-0.4, -0.2) is 34.3 Å². The summed E-state index contributed by atoms with van der Waals surface area (Å²) in [5.74, 6) is -1.41. The summed E-state index contributed by atoms with van der Waals surface area (Å²) in [6.45, 7) is 1.68. The Kier molecular flexibility index (Phi) is 6.26. The van der Waals surface area contributed by atoms with Crippen molar-refractivity contribution in [2.45, 2.75) is 24.8 Å². The van der Waals surface area contributed by atoms with Crippen LogP contribution < -0.4 is 4.74 Å². The lowest BCUT2D eigenvalue weighted by Crippen LogP contribution is -2.50. The molecule has 6 nitrogen and oxygen atoms in total. The van der Waals surface area contributed by atoms with E-state index in [0.717, 1.165) is 12.1 Å². The van der Waals surface area contributed by atoms with Crippen LogP contribution in [0.2, 0.25) is 0 Å². The molecule has 0 bridgehead atoms. The van der Waals surface area contributed by atoms with Gasteiger partial charge >= 0.3 is 18.2 Å². The third-order valence-corrected chi connectivity index (χ3v) is 4.76. The predicted molar refractivity (Wildman–Crippen MR) is 104 cm³/mol. The second kappa shape index (κ2) is 8.73. The highest BCUT2D eigenvalue weighted by Gasteiger charge is 2.49. The molecule has 0 saturated carbocycles. The first-order chi connectivity index (χ1) is 14.7. The fraction of sp³-hybridized carbons (Fsp3) is 0.227. The second-order valence-electron chi connectivity index (χ2n) is 6.70. The van der Waals surface area contributed by atoms with Crippen molar-refractivity contribution < 1.29 is 32.5 Å². The number of nitrogens with zero attached hydrogens (tertiary/aromatic N) is 2. The zero-order chi connectivity index (χ0) is 22.6. The van der Waals surface area contributed by atoms with E-state index < -0.39 is 29.4 Å². The number of methoxy groups -OCH3 is 1. The van der Waals surface area contributed by atoms with Gasteiger partial charge in [-0.2, -0.15) is 13.2 Å². The highest BCUT2D eigenvalue weighted by Crippen LogP contribution is 2.40. The quantitative estimate of drug-likeness (QED) is 0.602. The van der Waals surface area contributed by atoms with E-state index in [1.807, 2.05) is 0 Å². The van der Waals surface area contributed by atoms with Crippen molar-refractivity contribution in [3.63, 3.8) is 0 Å². The summed E-state index contributed by atoms with van der Waals surface area (Å²) in [5, 5.41) is 10.0. The molecular weight excluding hydrogens is 413 g/mol. The fourth-order valence-electron chi connectivity index (χ4n) is 3.30. The molecule has 0 saturated heterocycles. The number of carboxylic acids is 1. The van der Waals surface area contributed by atoms with Gasteiger partial charge in [-0.15, -0.1) is 0 Å². The van der Waals surface area contributed by atoms with Crippen LogP contribution in [0.15, 0.2) is 66.9 Å². The minimum atomic E-state index is -4.54. The molecule has 1 aromatic heterocycles. The Morgan fingerprint density at radius 1 is 0.968 bits per heavy atom. The summed E-state index contributed by atoms with van der Waals surface area (Å²) in [6.07, 6.45) is -4.84. The third kappa shape index (κ3) is 4.51. The lowest BCUT2D eigenvalue weighted by molar-refractivity contribution is -0.160. The fourth-order valence-corrected chi connectivity index (χ4v) is 3.30. The summed E-state index contributed by atoms with van der Waals surface area (Å²) in [5.41, 5.74) is -1.58. The van der Waals surface area contributed by atoms with Crippen LogP contribution >= 0.6 is 0 Å². The molecule has 0 aliphatic rings. The van der Waals surface area contributed by atoms with E-state index in [9.17, 15) is 23.1 Å². The smallest absolute Gasteiger partial charge is 0.416 e. The number of aliphatic carboxylic acids is 1. The third-order valence-electron chi connectivity index (χ3n) is 4.76. The van der Waals surface area contributed by atoms with Crippen LogP contribution in [0.1, 0.15) is 22.4 Å². The Balaban J connectivity index is 2.20. The first kappa shape index (κ1) is 22.2. The van der Waals surface area contributed by atoms with Crippen molar-refractivity contribution in [2.24, 2.45) is 0 Å². The molecule has 2 aromatic carbocycles. The van der Waals surface area contributed by atoms with E-state index in [4.69, 9.17) is 9.47 Å². The van der Waals surface area contributed by atoms with Gasteiger partial charge in [-0.25, -0.2) is 14.8 Å². The average molecular weight is 432 g/mol. The average Bonchev–Trinajstić information content (AvgIpc) is 2.74. The maximum Gasteiger partial charge on any atom is 0.416 e. The summed E-state index contributed by atoms with van der Waals surface area (Å²) >= 11 is 0. The monoisotopic (exact) mass is 432 g/mol. The highest BCUT2D eigenvalue weighted by atomic mass is 19.4. The van der Waals surface area contributed by atoms with Crippen molar-refractivity contribution in [2.75, 3.05) is 7.11 Å². The number of aryl methyl sites for hydroxylation is 1. The molecule has 1 heterocycles. The number of benzene rings is 2. The van der Waals surface area contributed by atoms with E-state index in [2.05, 4.69) is 9.97 Å². The number of carboxylic acid groups (broad SMARTS) is 1. The molecule has 3 rings (SSSR count). The van der Waals surface area contributed by atoms with E-state index in [0.29, 0.717) is 11.3 Å². The zero-order valence-electron chi connectivity index (χ0n) is 16.6. The maximum absolute atomic E-state index is 13.1. The molecule has 9 heteroatoms. The van der Waals surface area contributed by atoms with Crippen molar-refractivity contribution in [3.05, 3.63) is 89.2 Å². The first-order valence-corrected chi connectivity index (χ1v) is 9.16. The lowest BCUT2D eigenvalue weighted by Gasteiger charge is -2.37. The molecule has 2 unspecified atom stereocenters. The van der Waals surface area contributed by atoms with Crippen LogP contribution in [0.25, 0.3) is 0 Å². The van der Waals surface area contributed by atoms with Crippen LogP contribution in [0.3, 0.4) is 0 Å². The van der Waals surface area contributed by atoms with Crippen molar-refractivity contribution in [1.29, 1.82) is 0 Å². The van der Waals surface area contributed by atoms with Gasteiger partial charge in [-0.05, 0) is 36.2 Å². The van der Waals surface area contributed by atoms with Crippen LogP contribution in [0, 0.1) is 6.92 Å². The molecule has 0 spiro atoms. The Morgan fingerprint density at radius 3 is 2.06 bits per heavy atom. The molecule has 0 fully saturated rings. The maximum atomic E-state index is 13.1. The zero-order valence-corrected chi connectivity index (χ0v) is 16.6. The number of hydrogen-bond donors (Lipinski definition) is 1. The number of rotatable bonds is 7. The highest BCUT2D eigenvalue weighted by molar-refractivity contribution is 5.76. The molecular formula is C22H19F3N2O4. The summed E-state index contributed by atoms with van der Waals surface area (Å²) < 4.78 is 50.6. The molecule has 3 aromatic rings. The summed E-state index contributed by atoms with van der Waals surface area (Å²) in [4.78, 5) is 20.3. The van der Waals surface area contributed by atoms with Gasteiger partial charge in [0.25, 0.3) is 0 Å². The summed E-state index contributed by atoms with van der Waals surface area (Å²) in [6, 6.07) is 13.8. The van der Waals surface area contributed by atoms with Gasteiger partial charge in [-0.3, -0.25) is 0 Å². The minimum absolute atomic E-state index is 0.161. The van der Waals surface area contributed by atoms with Gasteiger partial charge < -0.3 is 14.6 Å². The van der Waals surface area contributed by atoms with E-state index in [1.165, 1.54) is 25.4 Å². The van der Waals surface area contributed by atoms with Gasteiger partial charge in [-0.1, -0.05) is 42.5 Å². The van der Waals surface area contributed by atoms with Crippen molar-refractivity contribution in [3.8, 4) is 6.01 Å². The number of carbonyl (C=O) groups is 1. The number of ether oxygens (including phenoxy) is 2. The number of hydrogen-bond acceptors (Lipinski definition) is 5. The van der Waals surface area contributed by atoms with Gasteiger partial charge in [0.1, 0.15) is 0 Å². The Hall–Kier alpha value is -3.46. The van der Waals surface area contributed by atoms with Crippen molar-refractivity contribution >= 4 is 5.97 Å². The standard InChI is InChI=1S/C22H19F3N2O4/c1-14-12-13-26-20(27-14)31-18(19(28)29)21(30-2,15-6-4-3-5-7-15)16-8-10-17(11-9-16)22(23,24)25/h3-13,18H,1-2H3,(H,28,29). The number of aromatic nitrogens is 2. The Morgan fingerprint density at radius 2 is 1.55 bits per heavy atom. The number of halogens is 3. The molecule has 0 amide bonds. The minimum Gasteiger partial charge on any atom is -0.478 e. The molecule has 2 atom stereocenters.